The molecule has 1 heterocycles. The molecule has 0 radical (unpaired) electrons. The normalized spacial score (nSPS) is 11.0. The first-order valence-corrected chi connectivity index (χ1v) is 13.4. The number of amides is 2. The van der Waals surface area contributed by atoms with Crippen LogP contribution in [0.4, 0.5) is 0 Å². The summed E-state index contributed by atoms with van der Waals surface area (Å²) in [5.41, 5.74) is 1.86. The second kappa shape index (κ2) is 12.1. The summed E-state index contributed by atoms with van der Waals surface area (Å²) in [6, 6.07) is 20.8. The average molecular weight is 531 g/mol. The molecule has 0 aliphatic rings. The molecule has 0 bridgehead atoms. The second-order valence-electron chi connectivity index (χ2n) is 8.25. The lowest BCUT2D eigenvalue weighted by molar-refractivity contribution is 0.0949. The minimum atomic E-state index is -4.04. The lowest BCUT2D eigenvalue weighted by Crippen LogP contribution is -2.30. The van der Waals surface area contributed by atoms with Crippen LogP contribution < -0.4 is 14.8 Å². The van der Waals surface area contributed by atoms with Crippen LogP contribution in [0.5, 0.6) is 5.75 Å². The fourth-order valence-electron chi connectivity index (χ4n) is 3.55. The number of sulfonamides is 1. The van der Waals surface area contributed by atoms with Gasteiger partial charge >= 0.3 is 0 Å². The van der Waals surface area contributed by atoms with Crippen molar-refractivity contribution in [2.75, 3.05) is 6.61 Å². The molecule has 10 heteroatoms. The first-order chi connectivity index (χ1) is 18.4. The van der Waals surface area contributed by atoms with Crippen molar-refractivity contribution in [1.82, 2.24) is 20.0 Å². The summed E-state index contributed by atoms with van der Waals surface area (Å²) in [7, 11) is -4.04. The number of hydrogen-bond donors (Lipinski definition) is 2. The van der Waals surface area contributed by atoms with E-state index in [0.29, 0.717) is 29.3 Å². The van der Waals surface area contributed by atoms with Gasteiger partial charge in [-0.1, -0.05) is 37.3 Å². The molecule has 38 heavy (non-hydrogen) atoms. The van der Waals surface area contributed by atoms with Gasteiger partial charge in [-0.2, -0.15) is 0 Å². The van der Waals surface area contributed by atoms with E-state index in [1.165, 1.54) is 24.3 Å². The van der Waals surface area contributed by atoms with Crippen molar-refractivity contribution in [2.45, 2.75) is 24.8 Å². The van der Waals surface area contributed by atoms with Crippen molar-refractivity contribution < 1.29 is 22.7 Å². The summed E-state index contributed by atoms with van der Waals surface area (Å²) in [6.45, 7) is 2.47. The van der Waals surface area contributed by atoms with Crippen molar-refractivity contribution >= 4 is 21.8 Å². The number of ether oxygens (including phenoxy) is 1. The molecule has 0 saturated heterocycles. The number of nitrogens with one attached hydrogen (secondary N) is 2. The number of aromatic nitrogens is 2. The number of carbonyl (C=O) groups is 2. The Kier molecular flexibility index (Phi) is 8.44. The zero-order chi connectivity index (χ0) is 27.0. The maximum absolute atomic E-state index is 12.8. The van der Waals surface area contributed by atoms with Crippen LogP contribution in [0.2, 0.25) is 0 Å². The predicted molar refractivity (Wildman–Crippen MR) is 142 cm³/mol. The van der Waals surface area contributed by atoms with Crippen molar-refractivity contribution in [3.05, 3.63) is 108 Å². The van der Waals surface area contributed by atoms with Crippen LogP contribution in [-0.4, -0.2) is 36.8 Å². The highest BCUT2D eigenvalue weighted by molar-refractivity contribution is 7.90. The zero-order valence-corrected chi connectivity index (χ0v) is 21.4. The minimum absolute atomic E-state index is 0.0198. The molecule has 0 unspecified atom stereocenters. The van der Waals surface area contributed by atoms with Crippen LogP contribution in [0.25, 0.3) is 11.4 Å². The molecule has 0 aliphatic heterocycles. The van der Waals surface area contributed by atoms with E-state index in [1.54, 1.807) is 67.0 Å². The molecule has 0 aliphatic carbocycles. The molecule has 0 saturated carbocycles. The van der Waals surface area contributed by atoms with Gasteiger partial charge in [0, 0.05) is 41.2 Å². The van der Waals surface area contributed by atoms with Crippen LogP contribution in [0.15, 0.2) is 96.2 Å². The highest BCUT2D eigenvalue weighted by Crippen LogP contribution is 2.22. The van der Waals surface area contributed by atoms with E-state index >= 15 is 0 Å². The van der Waals surface area contributed by atoms with Crippen LogP contribution in [0.3, 0.4) is 0 Å². The molecular weight excluding hydrogens is 504 g/mol. The van der Waals surface area contributed by atoms with Gasteiger partial charge in [0.25, 0.3) is 21.8 Å². The van der Waals surface area contributed by atoms with E-state index in [9.17, 15) is 18.0 Å². The third-order valence-electron chi connectivity index (χ3n) is 5.48. The minimum Gasteiger partial charge on any atom is -0.493 e. The zero-order valence-electron chi connectivity index (χ0n) is 20.6. The third kappa shape index (κ3) is 6.60. The van der Waals surface area contributed by atoms with Crippen LogP contribution in [0, 0.1) is 0 Å². The Bertz CT molecular complexity index is 1510. The monoisotopic (exact) mass is 530 g/mol. The topological polar surface area (TPSA) is 127 Å². The summed E-state index contributed by atoms with van der Waals surface area (Å²) in [5, 5.41) is 2.83. The van der Waals surface area contributed by atoms with Crippen molar-refractivity contribution in [3.63, 3.8) is 0 Å². The van der Waals surface area contributed by atoms with Crippen molar-refractivity contribution in [3.8, 4) is 17.1 Å². The maximum Gasteiger partial charge on any atom is 0.265 e. The largest absolute Gasteiger partial charge is 0.493 e. The Morgan fingerprint density at radius 1 is 0.842 bits per heavy atom. The maximum atomic E-state index is 12.8. The van der Waals surface area contributed by atoms with Gasteiger partial charge in [-0.25, -0.2) is 23.1 Å². The van der Waals surface area contributed by atoms with Gasteiger partial charge in [0.15, 0.2) is 5.82 Å². The number of nitrogens with zero attached hydrogens (tertiary/aromatic N) is 2. The summed E-state index contributed by atoms with van der Waals surface area (Å²) < 4.78 is 33.0. The molecule has 2 amide bonds. The van der Waals surface area contributed by atoms with E-state index < -0.39 is 15.9 Å². The van der Waals surface area contributed by atoms with Gasteiger partial charge in [0.05, 0.1) is 11.5 Å². The Labute approximate surface area is 221 Å². The third-order valence-corrected chi connectivity index (χ3v) is 6.82. The van der Waals surface area contributed by atoms with Crippen LogP contribution in [0.1, 0.15) is 39.6 Å². The summed E-state index contributed by atoms with van der Waals surface area (Å²) in [6.07, 6.45) is 4.06. The first-order valence-electron chi connectivity index (χ1n) is 11.9. The first kappa shape index (κ1) is 26.5. The smallest absolute Gasteiger partial charge is 0.265 e. The number of hydrogen-bond acceptors (Lipinski definition) is 7. The van der Waals surface area contributed by atoms with Gasteiger partial charge in [0.1, 0.15) is 5.75 Å². The lowest BCUT2D eigenvalue weighted by atomic mass is 10.1. The molecule has 0 atom stereocenters. The molecule has 2 N–H and O–H groups in total. The molecule has 4 rings (SSSR count). The van der Waals surface area contributed by atoms with E-state index in [4.69, 9.17) is 4.74 Å². The average Bonchev–Trinajstić information content (AvgIpc) is 2.95. The molecule has 3 aromatic carbocycles. The summed E-state index contributed by atoms with van der Waals surface area (Å²) in [4.78, 5) is 34.0. The predicted octanol–water partition coefficient (Wildman–Crippen LogP) is 3.98. The number of rotatable bonds is 10. The summed E-state index contributed by atoms with van der Waals surface area (Å²) in [5.74, 6) is -0.0663. The standard InChI is InChI=1S/C28H26N4O5S/c1-2-17-37-25-14-13-22(28(34)32-38(35,36)24-7-4-3-5-8-24)18-23(25)19-31-27(33)21-11-9-20(10-12-21)26-29-15-6-16-30-26/h3-16,18H,2,17,19H2,1H3,(H,31,33)(H,32,34). The highest BCUT2D eigenvalue weighted by Gasteiger charge is 2.20. The SMILES string of the molecule is CCCOc1ccc(C(=O)NS(=O)(=O)c2ccccc2)cc1CNC(=O)c1ccc(-c2ncccn2)cc1. The van der Waals surface area contributed by atoms with Gasteiger partial charge in [-0.05, 0) is 55.0 Å². The van der Waals surface area contributed by atoms with E-state index in [0.717, 1.165) is 12.0 Å². The summed E-state index contributed by atoms with van der Waals surface area (Å²) >= 11 is 0. The van der Waals surface area contributed by atoms with Crippen LogP contribution in [-0.2, 0) is 16.6 Å². The Morgan fingerprint density at radius 3 is 2.21 bits per heavy atom. The fourth-order valence-corrected chi connectivity index (χ4v) is 4.54. The van der Waals surface area contributed by atoms with Gasteiger partial charge in [-0.15, -0.1) is 0 Å². The van der Waals surface area contributed by atoms with E-state index in [2.05, 4.69) is 20.0 Å². The molecule has 9 nitrogen and oxygen atoms in total. The number of benzene rings is 3. The van der Waals surface area contributed by atoms with E-state index in [1.807, 2.05) is 6.92 Å². The Morgan fingerprint density at radius 2 is 1.53 bits per heavy atom. The molecule has 0 fully saturated rings. The van der Waals surface area contributed by atoms with Gasteiger partial charge < -0.3 is 10.1 Å². The fraction of sp³-hybridized carbons (Fsp3) is 0.143. The molecule has 1 aromatic heterocycles. The molecule has 194 valence electrons. The highest BCUT2D eigenvalue weighted by atomic mass is 32.2. The van der Waals surface area contributed by atoms with Gasteiger partial charge in [0.2, 0.25) is 0 Å². The van der Waals surface area contributed by atoms with Gasteiger partial charge in [-0.3, -0.25) is 9.59 Å². The number of carbonyl (C=O) groups excluding carboxylic acids is 2. The Hall–Kier alpha value is -4.57. The molecule has 4 aromatic rings. The molecule has 0 spiro atoms. The van der Waals surface area contributed by atoms with Crippen molar-refractivity contribution in [2.24, 2.45) is 0 Å². The quantitative estimate of drug-likeness (QED) is 0.317. The van der Waals surface area contributed by atoms with E-state index in [-0.39, 0.29) is 22.9 Å². The van der Waals surface area contributed by atoms with Crippen LogP contribution >= 0.6 is 0 Å². The lowest BCUT2D eigenvalue weighted by Gasteiger charge is -2.14. The Balaban J connectivity index is 1.49. The van der Waals surface area contributed by atoms with Crippen molar-refractivity contribution in [1.29, 1.82) is 0 Å². The molecular formula is C28H26N4O5S. The second-order valence-corrected chi connectivity index (χ2v) is 9.93.